The summed E-state index contributed by atoms with van der Waals surface area (Å²) in [5.41, 5.74) is 5.15. The first kappa shape index (κ1) is 18.4. The summed E-state index contributed by atoms with van der Waals surface area (Å²) in [4.78, 5) is 16.8. The third-order valence-corrected chi connectivity index (χ3v) is 4.25. The number of rotatable bonds is 8. The molecule has 1 heterocycles. The molecule has 124 valence electrons. The Morgan fingerprint density at radius 3 is 2.57 bits per heavy atom. The van der Waals surface area contributed by atoms with E-state index in [1.807, 2.05) is 18.7 Å². The molecule has 0 atom stereocenters. The highest BCUT2D eigenvalue weighted by atomic mass is 16.5. The topological polar surface area (TPSA) is 58.8 Å². The van der Waals surface area contributed by atoms with Gasteiger partial charge in [-0.2, -0.15) is 0 Å². The maximum atomic E-state index is 12.3. The average Bonchev–Trinajstić information content (AvgIpc) is 2.69. The van der Waals surface area contributed by atoms with Gasteiger partial charge in [0, 0.05) is 26.7 Å². The molecule has 1 saturated heterocycles. The lowest BCUT2D eigenvalue weighted by molar-refractivity contribution is -0.136. The highest BCUT2D eigenvalue weighted by Crippen LogP contribution is 2.16. The second-order valence-corrected chi connectivity index (χ2v) is 6.57. The molecular formula is C16H33N3O2. The normalized spacial score (nSPS) is 17.8. The van der Waals surface area contributed by atoms with E-state index < -0.39 is 0 Å². The Bertz CT molecular complexity index is 308. The highest BCUT2D eigenvalue weighted by Gasteiger charge is 2.26. The van der Waals surface area contributed by atoms with Crippen LogP contribution in [0.5, 0.6) is 0 Å². The summed E-state index contributed by atoms with van der Waals surface area (Å²) in [7, 11) is 1.67. The molecule has 0 unspecified atom stereocenters. The lowest BCUT2D eigenvalue weighted by Crippen LogP contribution is -2.39. The van der Waals surface area contributed by atoms with Gasteiger partial charge in [0.25, 0.3) is 0 Å². The van der Waals surface area contributed by atoms with Gasteiger partial charge in [0.1, 0.15) is 0 Å². The standard InChI is InChI=1S/C16H33N3O2/c1-16(2,21-3)14-15(20)19-11-7-10-18(12-13-19)9-6-4-5-8-17/h4-14,17H2,1-3H3. The van der Waals surface area contributed by atoms with E-state index in [2.05, 4.69) is 4.90 Å². The van der Waals surface area contributed by atoms with E-state index in [0.29, 0.717) is 6.42 Å². The van der Waals surface area contributed by atoms with Crippen molar-refractivity contribution >= 4 is 5.91 Å². The molecular weight excluding hydrogens is 266 g/mol. The summed E-state index contributed by atoms with van der Waals surface area (Å²) in [5, 5.41) is 0. The highest BCUT2D eigenvalue weighted by molar-refractivity contribution is 5.77. The summed E-state index contributed by atoms with van der Waals surface area (Å²) in [5.74, 6) is 0.215. The van der Waals surface area contributed by atoms with E-state index in [1.165, 1.54) is 12.8 Å². The molecule has 0 aromatic heterocycles. The number of nitrogens with zero attached hydrogens (tertiary/aromatic N) is 2. The van der Waals surface area contributed by atoms with Gasteiger partial charge in [0.15, 0.2) is 0 Å². The number of methoxy groups -OCH3 is 1. The fourth-order valence-electron chi connectivity index (χ4n) is 2.65. The predicted molar refractivity (Wildman–Crippen MR) is 86.2 cm³/mol. The van der Waals surface area contributed by atoms with Gasteiger partial charge in [0.05, 0.1) is 12.0 Å². The molecule has 2 N–H and O–H groups in total. The number of hydrogen-bond donors (Lipinski definition) is 1. The van der Waals surface area contributed by atoms with E-state index in [-0.39, 0.29) is 11.5 Å². The molecule has 1 fully saturated rings. The Hall–Kier alpha value is -0.650. The predicted octanol–water partition coefficient (Wildman–Crippen LogP) is 1.46. The Balaban J connectivity index is 2.33. The van der Waals surface area contributed by atoms with E-state index in [4.69, 9.17) is 10.5 Å². The molecule has 0 saturated carbocycles. The fourth-order valence-corrected chi connectivity index (χ4v) is 2.65. The molecule has 0 aliphatic carbocycles. The zero-order chi connectivity index (χ0) is 15.7. The summed E-state index contributed by atoms with van der Waals surface area (Å²) in [6, 6.07) is 0. The molecule has 0 spiro atoms. The lowest BCUT2D eigenvalue weighted by atomic mass is 10.0. The minimum atomic E-state index is -0.370. The first-order valence-corrected chi connectivity index (χ1v) is 8.24. The molecule has 0 radical (unpaired) electrons. The van der Waals surface area contributed by atoms with Crippen LogP contribution in [0.1, 0.15) is 46.0 Å². The summed E-state index contributed by atoms with van der Waals surface area (Å²) in [6.07, 6.45) is 5.06. The molecule has 1 rings (SSSR count). The van der Waals surface area contributed by atoms with Crippen LogP contribution in [0.25, 0.3) is 0 Å². The van der Waals surface area contributed by atoms with Crippen molar-refractivity contribution in [1.82, 2.24) is 9.80 Å². The molecule has 0 bridgehead atoms. The Labute approximate surface area is 129 Å². The number of carbonyl (C=O) groups is 1. The van der Waals surface area contributed by atoms with E-state index >= 15 is 0 Å². The Morgan fingerprint density at radius 2 is 1.90 bits per heavy atom. The minimum absolute atomic E-state index is 0.215. The van der Waals surface area contributed by atoms with Gasteiger partial charge in [-0.05, 0) is 52.7 Å². The smallest absolute Gasteiger partial charge is 0.225 e. The third-order valence-electron chi connectivity index (χ3n) is 4.25. The van der Waals surface area contributed by atoms with Crippen molar-refractivity contribution in [2.24, 2.45) is 5.73 Å². The number of unbranched alkanes of at least 4 members (excludes halogenated alkanes) is 2. The third kappa shape index (κ3) is 7.25. The van der Waals surface area contributed by atoms with Crippen molar-refractivity contribution < 1.29 is 9.53 Å². The Kier molecular flexibility index (Phi) is 8.22. The van der Waals surface area contributed by atoms with Crippen molar-refractivity contribution in [2.45, 2.75) is 51.6 Å². The van der Waals surface area contributed by atoms with Crippen LogP contribution < -0.4 is 5.73 Å². The number of carbonyl (C=O) groups excluding carboxylic acids is 1. The van der Waals surface area contributed by atoms with Crippen molar-refractivity contribution in [3.8, 4) is 0 Å². The van der Waals surface area contributed by atoms with Gasteiger partial charge in [-0.3, -0.25) is 4.79 Å². The van der Waals surface area contributed by atoms with Crippen LogP contribution in [-0.2, 0) is 9.53 Å². The molecule has 0 aromatic rings. The lowest BCUT2D eigenvalue weighted by Gasteiger charge is -2.27. The molecule has 5 nitrogen and oxygen atoms in total. The Morgan fingerprint density at radius 1 is 1.14 bits per heavy atom. The zero-order valence-corrected chi connectivity index (χ0v) is 14.1. The molecule has 1 amide bonds. The van der Waals surface area contributed by atoms with Crippen LogP contribution in [0.4, 0.5) is 0 Å². The first-order chi connectivity index (χ1) is 9.98. The van der Waals surface area contributed by atoms with Gasteiger partial charge in [-0.15, -0.1) is 0 Å². The largest absolute Gasteiger partial charge is 0.378 e. The number of ether oxygens (including phenoxy) is 1. The maximum absolute atomic E-state index is 12.3. The van der Waals surface area contributed by atoms with Crippen molar-refractivity contribution in [1.29, 1.82) is 0 Å². The van der Waals surface area contributed by atoms with Crippen LogP contribution in [0.15, 0.2) is 0 Å². The van der Waals surface area contributed by atoms with E-state index in [9.17, 15) is 4.79 Å². The number of amides is 1. The van der Waals surface area contributed by atoms with E-state index in [1.54, 1.807) is 7.11 Å². The molecule has 0 aromatic carbocycles. The van der Waals surface area contributed by atoms with Gasteiger partial charge >= 0.3 is 0 Å². The van der Waals surface area contributed by atoms with E-state index in [0.717, 1.165) is 52.1 Å². The van der Waals surface area contributed by atoms with Gasteiger partial charge < -0.3 is 20.3 Å². The molecule has 1 aliphatic rings. The summed E-state index contributed by atoms with van der Waals surface area (Å²) in [6.45, 7) is 9.65. The molecule has 1 aliphatic heterocycles. The SMILES string of the molecule is COC(C)(C)CC(=O)N1CCCN(CCCCCN)CC1. The zero-order valence-electron chi connectivity index (χ0n) is 14.1. The van der Waals surface area contributed by atoms with Crippen LogP contribution in [-0.4, -0.2) is 67.7 Å². The quantitative estimate of drug-likeness (QED) is 0.690. The second-order valence-electron chi connectivity index (χ2n) is 6.57. The van der Waals surface area contributed by atoms with Crippen molar-refractivity contribution in [3.63, 3.8) is 0 Å². The average molecular weight is 299 g/mol. The molecule has 5 heteroatoms. The summed E-state index contributed by atoms with van der Waals surface area (Å²) < 4.78 is 5.36. The van der Waals surface area contributed by atoms with Crippen LogP contribution >= 0.6 is 0 Å². The van der Waals surface area contributed by atoms with Crippen molar-refractivity contribution in [3.05, 3.63) is 0 Å². The van der Waals surface area contributed by atoms with Crippen LogP contribution in [0.2, 0.25) is 0 Å². The summed E-state index contributed by atoms with van der Waals surface area (Å²) >= 11 is 0. The van der Waals surface area contributed by atoms with Crippen LogP contribution in [0.3, 0.4) is 0 Å². The minimum Gasteiger partial charge on any atom is -0.378 e. The number of hydrogen-bond acceptors (Lipinski definition) is 4. The van der Waals surface area contributed by atoms with Crippen molar-refractivity contribution in [2.75, 3.05) is 46.4 Å². The second kappa shape index (κ2) is 9.38. The number of nitrogens with two attached hydrogens (primary N) is 1. The van der Waals surface area contributed by atoms with Gasteiger partial charge in [-0.25, -0.2) is 0 Å². The molecule has 21 heavy (non-hydrogen) atoms. The van der Waals surface area contributed by atoms with Gasteiger partial charge in [-0.1, -0.05) is 6.42 Å². The monoisotopic (exact) mass is 299 g/mol. The van der Waals surface area contributed by atoms with Crippen LogP contribution in [0, 0.1) is 0 Å². The van der Waals surface area contributed by atoms with Gasteiger partial charge in [0.2, 0.25) is 5.91 Å². The first-order valence-electron chi connectivity index (χ1n) is 8.24. The fraction of sp³-hybridized carbons (Fsp3) is 0.938. The maximum Gasteiger partial charge on any atom is 0.225 e.